The smallest absolute Gasteiger partial charge is 0.302 e. The normalized spacial score (nSPS) is 16.5. The predicted molar refractivity (Wildman–Crippen MR) is 125 cm³/mol. The lowest BCUT2D eigenvalue weighted by molar-refractivity contribution is 0.622. The van der Waals surface area contributed by atoms with Crippen LogP contribution in [0.1, 0.15) is 25.5 Å². The molecule has 156 valence electrons. The standard InChI is InChI=1S/C22H19ClN6OS/c1-13(2)18-11-17(14-7-3-4-8-15(14)23)25-20(29(18)22-28-24-12-31-22)27-21-26-16-9-5-6-10-19(16)30-21/h3-13,17H,1-2H3,(H,25,26,27). The van der Waals surface area contributed by atoms with Gasteiger partial charge in [0.1, 0.15) is 17.1 Å². The van der Waals surface area contributed by atoms with Crippen LogP contribution >= 0.6 is 22.9 Å². The quantitative estimate of drug-likeness (QED) is 0.416. The van der Waals surface area contributed by atoms with Crippen LogP contribution in [-0.4, -0.2) is 21.1 Å². The van der Waals surface area contributed by atoms with Gasteiger partial charge >= 0.3 is 6.01 Å². The second-order valence-electron chi connectivity index (χ2n) is 7.33. The van der Waals surface area contributed by atoms with Gasteiger partial charge in [-0.3, -0.25) is 10.2 Å². The lowest BCUT2D eigenvalue weighted by atomic mass is 10.00. The molecule has 0 aliphatic carbocycles. The first kappa shape index (κ1) is 19.7. The van der Waals surface area contributed by atoms with Gasteiger partial charge in [-0.05, 0) is 35.8 Å². The Morgan fingerprint density at radius 3 is 2.68 bits per heavy atom. The molecular formula is C22H19ClN6OS. The third-order valence-electron chi connectivity index (χ3n) is 4.93. The van der Waals surface area contributed by atoms with Gasteiger partial charge in [0.05, 0.1) is 0 Å². The van der Waals surface area contributed by atoms with E-state index in [1.807, 2.05) is 53.4 Å². The fourth-order valence-electron chi connectivity index (χ4n) is 3.49. The van der Waals surface area contributed by atoms with Gasteiger partial charge in [-0.2, -0.15) is 4.98 Å². The van der Waals surface area contributed by atoms with Crippen molar-refractivity contribution in [2.45, 2.75) is 19.9 Å². The molecule has 0 saturated carbocycles. The van der Waals surface area contributed by atoms with Crippen LogP contribution in [0.5, 0.6) is 0 Å². The van der Waals surface area contributed by atoms with Gasteiger partial charge in [-0.15, -0.1) is 10.2 Å². The number of allylic oxidation sites excluding steroid dienone is 1. The summed E-state index contributed by atoms with van der Waals surface area (Å²) in [6.45, 7) is 4.26. The Kier molecular flexibility index (Phi) is 5.17. The highest BCUT2D eigenvalue weighted by Crippen LogP contribution is 2.36. The van der Waals surface area contributed by atoms with Crippen molar-refractivity contribution in [3.8, 4) is 0 Å². The second kappa shape index (κ2) is 8.13. The Labute approximate surface area is 188 Å². The summed E-state index contributed by atoms with van der Waals surface area (Å²) in [6.07, 6.45) is 2.12. The minimum atomic E-state index is -0.262. The maximum atomic E-state index is 6.50. The van der Waals surface area contributed by atoms with E-state index in [4.69, 9.17) is 21.0 Å². The third kappa shape index (κ3) is 3.80. The largest absolute Gasteiger partial charge is 0.423 e. The molecule has 1 unspecified atom stereocenters. The molecule has 1 atom stereocenters. The van der Waals surface area contributed by atoms with Gasteiger partial charge in [0.15, 0.2) is 5.58 Å². The zero-order valence-corrected chi connectivity index (χ0v) is 18.4. The molecule has 1 aliphatic rings. The number of nitrogens with one attached hydrogen (secondary N) is 1. The van der Waals surface area contributed by atoms with Crippen molar-refractivity contribution < 1.29 is 4.42 Å². The highest BCUT2D eigenvalue weighted by molar-refractivity contribution is 7.13. The van der Waals surface area contributed by atoms with Crippen molar-refractivity contribution in [1.82, 2.24) is 15.2 Å². The number of para-hydroxylation sites is 2. The lowest BCUT2D eigenvalue weighted by Gasteiger charge is -2.33. The van der Waals surface area contributed by atoms with Crippen LogP contribution in [0.2, 0.25) is 5.02 Å². The Morgan fingerprint density at radius 2 is 1.94 bits per heavy atom. The molecule has 0 bridgehead atoms. The van der Waals surface area contributed by atoms with Crippen LogP contribution in [0.25, 0.3) is 11.1 Å². The van der Waals surface area contributed by atoms with Crippen LogP contribution in [0, 0.1) is 5.92 Å². The van der Waals surface area contributed by atoms with Gasteiger partial charge in [0, 0.05) is 10.7 Å². The summed E-state index contributed by atoms with van der Waals surface area (Å²) < 4.78 is 5.89. The molecule has 0 spiro atoms. The number of hydrogen-bond donors (Lipinski definition) is 1. The number of aliphatic imine (C=N–C) groups is 1. The van der Waals surface area contributed by atoms with Crippen LogP contribution in [-0.2, 0) is 0 Å². The highest BCUT2D eigenvalue weighted by Gasteiger charge is 2.31. The number of oxazole rings is 1. The van der Waals surface area contributed by atoms with Crippen molar-refractivity contribution in [2.24, 2.45) is 10.9 Å². The van der Waals surface area contributed by atoms with E-state index in [0.717, 1.165) is 16.8 Å². The summed E-state index contributed by atoms with van der Waals surface area (Å²) in [5.41, 5.74) is 5.13. The van der Waals surface area contributed by atoms with E-state index >= 15 is 0 Å². The lowest BCUT2D eigenvalue weighted by Crippen LogP contribution is -2.40. The topological polar surface area (TPSA) is 79.4 Å². The van der Waals surface area contributed by atoms with Crippen molar-refractivity contribution >= 4 is 51.1 Å². The summed E-state index contributed by atoms with van der Waals surface area (Å²) in [6, 6.07) is 15.5. The van der Waals surface area contributed by atoms with Crippen molar-refractivity contribution in [3.63, 3.8) is 0 Å². The fraction of sp³-hybridized carbons (Fsp3) is 0.182. The molecule has 0 saturated heterocycles. The number of nitrogens with zero attached hydrogens (tertiary/aromatic N) is 5. The first-order chi connectivity index (χ1) is 15.1. The second-order valence-corrected chi connectivity index (χ2v) is 8.55. The zero-order valence-electron chi connectivity index (χ0n) is 16.9. The first-order valence-electron chi connectivity index (χ1n) is 9.83. The number of anilines is 2. The number of aromatic nitrogens is 3. The van der Waals surface area contributed by atoms with Gasteiger partial charge in [0.25, 0.3) is 0 Å². The third-order valence-corrected chi connectivity index (χ3v) is 5.95. The average molecular weight is 451 g/mol. The Morgan fingerprint density at radius 1 is 1.13 bits per heavy atom. The first-order valence-corrected chi connectivity index (χ1v) is 11.1. The number of benzene rings is 2. The molecule has 1 aliphatic heterocycles. The van der Waals surface area contributed by atoms with Crippen molar-refractivity contribution in [2.75, 3.05) is 10.2 Å². The van der Waals surface area contributed by atoms with Crippen molar-refractivity contribution in [3.05, 3.63) is 76.4 Å². The zero-order chi connectivity index (χ0) is 21.4. The SMILES string of the molecule is CC(C)C1=CC(c2ccccc2Cl)N=C(Nc2nc3ccccc3o2)N1c1nncs1. The van der Waals surface area contributed by atoms with E-state index < -0.39 is 0 Å². The number of halogens is 1. The molecular weight excluding hydrogens is 432 g/mol. The molecule has 2 aromatic heterocycles. The van der Waals surface area contributed by atoms with E-state index in [0.29, 0.717) is 27.7 Å². The van der Waals surface area contributed by atoms with Crippen LogP contribution in [0.3, 0.4) is 0 Å². The van der Waals surface area contributed by atoms with Gasteiger partial charge in [0.2, 0.25) is 11.1 Å². The summed E-state index contributed by atoms with van der Waals surface area (Å²) in [5.74, 6) is 0.754. The van der Waals surface area contributed by atoms with E-state index in [9.17, 15) is 0 Å². The van der Waals surface area contributed by atoms with Gasteiger partial charge in [-0.25, -0.2) is 4.99 Å². The molecule has 3 heterocycles. The monoisotopic (exact) mass is 450 g/mol. The minimum Gasteiger partial charge on any atom is -0.423 e. The number of rotatable bonds is 4. The molecule has 5 rings (SSSR count). The van der Waals surface area contributed by atoms with E-state index in [-0.39, 0.29) is 12.0 Å². The number of guanidine groups is 1. The van der Waals surface area contributed by atoms with Gasteiger partial charge in [-0.1, -0.05) is 67.1 Å². The molecule has 1 N–H and O–H groups in total. The summed E-state index contributed by atoms with van der Waals surface area (Å²) >= 11 is 7.93. The molecule has 0 fully saturated rings. The summed E-state index contributed by atoms with van der Waals surface area (Å²) in [5, 5.41) is 12.9. The molecule has 0 amide bonds. The minimum absolute atomic E-state index is 0.199. The van der Waals surface area contributed by atoms with Crippen LogP contribution in [0.15, 0.2) is 75.2 Å². The molecule has 0 radical (unpaired) electrons. The molecule has 2 aromatic carbocycles. The maximum absolute atomic E-state index is 6.50. The average Bonchev–Trinajstić information content (AvgIpc) is 3.43. The van der Waals surface area contributed by atoms with Crippen molar-refractivity contribution in [1.29, 1.82) is 0 Å². The summed E-state index contributed by atoms with van der Waals surface area (Å²) in [7, 11) is 0. The Hall–Kier alpha value is -3.23. The van der Waals surface area contributed by atoms with Crippen LogP contribution < -0.4 is 10.2 Å². The Bertz CT molecular complexity index is 1250. The molecule has 31 heavy (non-hydrogen) atoms. The van der Waals surface area contributed by atoms with E-state index in [2.05, 4.69) is 40.4 Å². The van der Waals surface area contributed by atoms with Gasteiger partial charge < -0.3 is 4.42 Å². The highest BCUT2D eigenvalue weighted by atomic mass is 35.5. The van der Waals surface area contributed by atoms with Crippen LogP contribution in [0.4, 0.5) is 11.1 Å². The molecule has 9 heteroatoms. The van der Waals surface area contributed by atoms with E-state index in [1.165, 1.54) is 11.3 Å². The maximum Gasteiger partial charge on any atom is 0.302 e. The number of hydrogen-bond acceptors (Lipinski definition) is 8. The fourth-order valence-corrected chi connectivity index (χ4v) is 4.31. The molecule has 4 aromatic rings. The Balaban J connectivity index is 1.61. The molecule has 7 nitrogen and oxygen atoms in total. The number of fused-ring (bicyclic) bond motifs is 1. The summed E-state index contributed by atoms with van der Waals surface area (Å²) in [4.78, 5) is 11.5. The predicted octanol–water partition coefficient (Wildman–Crippen LogP) is 5.90. The van der Waals surface area contributed by atoms with E-state index in [1.54, 1.807) is 5.51 Å².